The lowest BCUT2D eigenvalue weighted by Crippen LogP contribution is -1.90. The molecule has 3 rings (SSSR count). The van der Waals surface area contributed by atoms with Crippen LogP contribution in [0.25, 0.3) is 22.8 Å². The van der Waals surface area contributed by atoms with E-state index in [0.29, 0.717) is 28.0 Å². The van der Waals surface area contributed by atoms with Gasteiger partial charge >= 0.3 is 0 Å². The molecule has 0 fully saturated rings. The summed E-state index contributed by atoms with van der Waals surface area (Å²) in [6, 6.07) is 5.27. The minimum absolute atomic E-state index is 0.337. The SMILES string of the molecule is Cc1cscc1-c1noc(-c2c(N)cccc2Cl)n1. The van der Waals surface area contributed by atoms with Gasteiger partial charge in [0.1, 0.15) is 0 Å². The molecular formula is C13H10ClN3OS. The predicted molar refractivity (Wildman–Crippen MR) is 77.2 cm³/mol. The Hall–Kier alpha value is -1.85. The first-order valence-electron chi connectivity index (χ1n) is 5.58. The summed E-state index contributed by atoms with van der Waals surface area (Å²) in [6.07, 6.45) is 0. The van der Waals surface area contributed by atoms with Crippen LogP contribution in [0.15, 0.2) is 33.5 Å². The molecule has 0 saturated heterocycles. The van der Waals surface area contributed by atoms with Gasteiger partial charge in [-0.05, 0) is 30.0 Å². The first kappa shape index (κ1) is 12.2. The molecule has 3 aromatic rings. The average molecular weight is 292 g/mol. The highest BCUT2D eigenvalue weighted by atomic mass is 35.5. The molecule has 0 aliphatic carbocycles. The summed E-state index contributed by atoms with van der Waals surface area (Å²) in [5.74, 6) is 0.886. The Morgan fingerprint density at radius 1 is 1.32 bits per heavy atom. The third kappa shape index (κ3) is 2.11. The van der Waals surface area contributed by atoms with Crippen LogP contribution >= 0.6 is 22.9 Å². The van der Waals surface area contributed by atoms with Crippen molar-refractivity contribution in [1.29, 1.82) is 0 Å². The van der Waals surface area contributed by atoms with E-state index in [9.17, 15) is 0 Å². The van der Waals surface area contributed by atoms with Crippen LogP contribution < -0.4 is 5.73 Å². The van der Waals surface area contributed by atoms with Gasteiger partial charge in [-0.1, -0.05) is 22.8 Å². The van der Waals surface area contributed by atoms with E-state index in [2.05, 4.69) is 10.1 Å². The van der Waals surface area contributed by atoms with E-state index >= 15 is 0 Å². The van der Waals surface area contributed by atoms with E-state index in [-0.39, 0.29) is 0 Å². The number of nitrogen functional groups attached to an aromatic ring is 1. The normalized spacial score (nSPS) is 10.8. The zero-order chi connectivity index (χ0) is 13.4. The van der Waals surface area contributed by atoms with Crippen LogP contribution in [0.5, 0.6) is 0 Å². The first-order chi connectivity index (χ1) is 9.16. The van der Waals surface area contributed by atoms with Crippen molar-refractivity contribution in [2.45, 2.75) is 6.92 Å². The maximum Gasteiger partial charge on any atom is 0.261 e. The maximum absolute atomic E-state index is 6.12. The molecule has 0 radical (unpaired) electrons. The lowest BCUT2D eigenvalue weighted by Gasteiger charge is -2.01. The summed E-state index contributed by atoms with van der Waals surface area (Å²) in [6.45, 7) is 2.01. The fourth-order valence-electron chi connectivity index (χ4n) is 1.79. The molecule has 2 heterocycles. The van der Waals surface area contributed by atoms with Crippen molar-refractivity contribution in [3.63, 3.8) is 0 Å². The zero-order valence-corrected chi connectivity index (χ0v) is 11.6. The number of benzene rings is 1. The quantitative estimate of drug-likeness (QED) is 0.725. The Balaban J connectivity index is 2.10. The number of anilines is 1. The fraction of sp³-hybridized carbons (Fsp3) is 0.0769. The van der Waals surface area contributed by atoms with Gasteiger partial charge in [0.05, 0.1) is 10.6 Å². The van der Waals surface area contributed by atoms with Crippen molar-refractivity contribution in [3.05, 3.63) is 39.5 Å². The minimum atomic E-state index is 0.337. The lowest BCUT2D eigenvalue weighted by atomic mass is 10.2. The zero-order valence-electron chi connectivity index (χ0n) is 10.1. The molecule has 0 unspecified atom stereocenters. The van der Waals surface area contributed by atoms with E-state index in [4.69, 9.17) is 21.9 Å². The van der Waals surface area contributed by atoms with Gasteiger partial charge in [-0.15, -0.1) is 0 Å². The number of nitrogens with two attached hydrogens (primary N) is 1. The molecule has 6 heteroatoms. The lowest BCUT2D eigenvalue weighted by molar-refractivity contribution is 0.432. The molecule has 0 spiro atoms. The summed E-state index contributed by atoms with van der Waals surface area (Å²) < 4.78 is 5.27. The van der Waals surface area contributed by atoms with E-state index in [1.165, 1.54) is 0 Å². The molecule has 0 aliphatic rings. The molecule has 96 valence electrons. The number of rotatable bonds is 2. The Morgan fingerprint density at radius 3 is 2.84 bits per heavy atom. The Labute approximate surface area is 118 Å². The predicted octanol–water partition coefficient (Wildman–Crippen LogP) is 4.01. The van der Waals surface area contributed by atoms with Crippen LogP contribution in [0.2, 0.25) is 5.02 Å². The Morgan fingerprint density at radius 2 is 2.16 bits per heavy atom. The number of hydrogen-bond acceptors (Lipinski definition) is 5. The smallest absolute Gasteiger partial charge is 0.261 e. The minimum Gasteiger partial charge on any atom is -0.398 e. The topological polar surface area (TPSA) is 64.9 Å². The van der Waals surface area contributed by atoms with Crippen LogP contribution in [-0.2, 0) is 0 Å². The number of aryl methyl sites for hydroxylation is 1. The van der Waals surface area contributed by atoms with Gasteiger partial charge in [0.15, 0.2) is 0 Å². The van der Waals surface area contributed by atoms with Crippen molar-refractivity contribution in [2.24, 2.45) is 0 Å². The first-order valence-corrected chi connectivity index (χ1v) is 6.90. The van der Waals surface area contributed by atoms with Crippen molar-refractivity contribution in [2.75, 3.05) is 5.73 Å². The molecule has 0 saturated carbocycles. The van der Waals surface area contributed by atoms with Crippen LogP contribution in [0.4, 0.5) is 5.69 Å². The van der Waals surface area contributed by atoms with Crippen molar-refractivity contribution in [3.8, 4) is 22.8 Å². The summed E-state index contributed by atoms with van der Waals surface area (Å²) in [4.78, 5) is 4.37. The second-order valence-corrected chi connectivity index (χ2v) is 5.25. The van der Waals surface area contributed by atoms with Gasteiger partial charge in [-0.25, -0.2) is 0 Å². The van der Waals surface area contributed by atoms with Gasteiger partial charge in [-0.3, -0.25) is 0 Å². The molecule has 4 nitrogen and oxygen atoms in total. The highest BCUT2D eigenvalue weighted by Gasteiger charge is 2.17. The number of nitrogens with zero attached hydrogens (tertiary/aromatic N) is 2. The second kappa shape index (κ2) is 4.68. The summed E-state index contributed by atoms with van der Waals surface area (Å²) in [7, 11) is 0. The largest absolute Gasteiger partial charge is 0.398 e. The summed E-state index contributed by atoms with van der Waals surface area (Å²) >= 11 is 7.72. The number of hydrogen-bond donors (Lipinski definition) is 1. The van der Waals surface area contributed by atoms with Crippen molar-refractivity contribution >= 4 is 28.6 Å². The monoisotopic (exact) mass is 291 g/mol. The van der Waals surface area contributed by atoms with Gasteiger partial charge in [-0.2, -0.15) is 16.3 Å². The second-order valence-electron chi connectivity index (χ2n) is 4.10. The van der Waals surface area contributed by atoms with Gasteiger partial charge < -0.3 is 10.3 Å². The van der Waals surface area contributed by atoms with Gasteiger partial charge in [0.25, 0.3) is 5.89 Å². The molecule has 2 aromatic heterocycles. The van der Waals surface area contributed by atoms with Crippen LogP contribution in [0, 0.1) is 6.92 Å². The summed E-state index contributed by atoms with van der Waals surface area (Å²) in [5.41, 5.74) is 9.08. The summed E-state index contributed by atoms with van der Waals surface area (Å²) in [5, 5.41) is 8.50. The van der Waals surface area contributed by atoms with E-state index in [0.717, 1.165) is 11.1 Å². The third-order valence-corrected chi connectivity index (χ3v) is 3.96. The Bertz CT molecular complexity index is 715. The molecule has 1 aromatic carbocycles. The van der Waals surface area contributed by atoms with Crippen LogP contribution in [-0.4, -0.2) is 10.1 Å². The van der Waals surface area contributed by atoms with Crippen molar-refractivity contribution in [1.82, 2.24) is 10.1 Å². The average Bonchev–Trinajstić information content (AvgIpc) is 2.98. The molecule has 0 atom stereocenters. The molecular weight excluding hydrogens is 282 g/mol. The number of aromatic nitrogens is 2. The molecule has 0 aliphatic heterocycles. The molecule has 0 amide bonds. The Kier molecular flexibility index (Phi) is 3.00. The highest BCUT2D eigenvalue weighted by molar-refractivity contribution is 7.08. The molecule has 2 N–H and O–H groups in total. The fourth-order valence-corrected chi connectivity index (χ4v) is 2.88. The van der Waals surface area contributed by atoms with Crippen LogP contribution in [0.1, 0.15) is 5.56 Å². The third-order valence-electron chi connectivity index (χ3n) is 2.78. The standard InChI is InChI=1S/C13H10ClN3OS/c1-7-5-19-6-8(7)12-16-13(18-17-12)11-9(14)3-2-4-10(11)15/h2-6H,15H2,1H3. The van der Waals surface area contributed by atoms with Crippen molar-refractivity contribution < 1.29 is 4.52 Å². The van der Waals surface area contributed by atoms with E-state index in [1.54, 1.807) is 29.5 Å². The molecule has 19 heavy (non-hydrogen) atoms. The van der Waals surface area contributed by atoms with Gasteiger partial charge in [0, 0.05) is 16.6 Å². The van der Waals surface area contributed by atoms with E-state index in [1.807, 2.05) is 17.7 Å². The molecule has 0 bridgehead atoms. The highest BCUT2D eigenvalue weighted by Crippen LogP contribution is 2.33. The van der Waals surface area contributed by atoms with Crippen LogP contribution in [0.3, 0.4) is 0 Å². The maximum atomic E-state index is 6.12. The van der Waals surface area contributed by atoms with Gasteiger partial charge in [0.2, 0.25) is 5.82 Å². The number of thiophene rings is 1. The number of halogens is 1. The van der Waals surface area contributed by atoms with E-state index < -0.39 is 0 Å².